The molecule has 0 radical (unpaired) electrons. The minimum absolute atomic E-state index is 0.0227. The minimum Gasteiger partial charge on any atom is -0.370 e. The van der Waals surface area contributed by atoms with E-state index in [4.69, 9.17) is 9.97 Å². The molecule has 0 unspecified atom stereocenters. The van der Waals surface area contributed by atoms with Crippen molar-refractivity contribution < 1.29 is 19.2 Å². The number of piperidine rings is 2. The molecule has 1 aliphatic carbocycles. The van der Waals surface area contributed by atoms with E-state index in [1.165, 1.54) is 0 Å². The van der Waals surface area contributed by atoms with Crippen molar-refractivity contribution in [1.82, 2.24) is 39.5 Å². The smallest absolute Gasteiger partial charge is 0.270 e. The van der Waals surface area contributed by atoms with Crippen molar-refractivity contribution in [3.8, 4) is 0 Å². The van der Waals surface area contributed by atoms with Crippen LogP contribution in [0.3, 0.4) is 0 Å². The van der Waals surface area contributed by atoms with E-state index in [0.717, 1.165) is 112 Å². The molecule has 302 valence electrons. The molecule has 10 rings (SSSR count). The van der Waals surface area contributed by atoms with Crippen molar-refractivity contribution in [3.05, 3.63) is 65.6 Å². The van der Waals surface area contributed by atoms with Crippen molar-refractivity contribution >= 4 is 57.8 Å². The Bertz CT molecular complexity index is 2290. The largest absolute Gasteiger partial charge is 0.370 e. The summed E-state index contributed by atoms with van der Waals surface area (Å²) >= 11 is 0. The number of amides is 4. The van der Waals surface area contributed by atoms with Gasteiger partial charge in [0.2, 0.25) is 17.8 Å². The lowest BCUT2D eigenvalue weighted by Crippen LogP contribution is -2.77. The lowest BCUT2D eigenvalue weighted by atomic mass is 9.75. The molecule has 15 heteroatoms. The average molecular weight is 786 g/mol. The zero-order chi connectivity index (χ0) is 39.7. The average Bonchev–Trinajstić information content (AvgIpc) is 3.94. The van der Waals surface area contributed by atoms with E-state index in [1.807, 2.05) is 30.5 Å². The molecule has 3 aromatic heterocycles. The zero-order valence-electron chi connectivity index (χ0n) is 33.3. The number of benzene rings is 1. The number of carbonyl (C=O) groups is 4. The summed E-state index contributed by atoms with van der Waals surface area (Å²) in [7, 11) is 3.57. The van der Waals surface area contributed by atoms with Crippen molar-refractivity contribution in [2.45, 2.75) is 82.0 Å². The van der Waals surface area contributed by atoms with E-state index in [9.17, 15) is 19.2 Å². The van der Waals surface area contributed by atoms with Crippen molar-refractivity contribution in [1.29, 1.82) is 0 Å². The van der Waals surface area contributed by atoms with E-state index in [-0.39, 0.29) is 41.6 Å². The van der Waals surface area contributed by atoms with Crippen molar-refractivity contribution in [2.24, 2.45) is 5.92 Å². The molecule has 2 N–H and O–H groups in total. The molecule has 8 heterocycles. The molecule has 1 saturated carbocycles. The summed E-state index contributed by atoms with van der Waals surface area (Å²) in [6.45, 7) is 6.50. The topological polar surface area (TPSA) is 152 Å². The summed E-state index contributed by atoms with van der Waals surface area (Å²) in [6, 6.07) is 11.6. The Kier molecular flexibility index (Phi) is 9.10. The number of hydrogen-bond donors (Lipinski definition) is 2. The fourth-order valence-electron chi connectivity index (χ4n) is 10.5. The normalized spacial score (nSPS) is 22.3. The van der Waals surface area contributed by atoms with Crippen LogP contribution in [0.4, 0.5) is 23.1 Å². The maximum Gasteiger partial charge on any atom is 0.270 e. The van der Waals surface area contributed by atoms with Crippen LogP contribution in [0.15, 0.2) is 48.8 Å². The summed E-state index contributed by atoms with van der Waals surface area (Å²) in [5.41, 5.74) is 5.46. The number of carbonyl (C=O) groups excluding carboxylic acids is 4. The highest BCUT2D eigenvalue weighted by Crippen LogP contribution is 2.46. The third-order valence-electron chi connectivity index (χ3n) is 13.6. The molecule has 5 aliphatic heterocycles. The first kappa shape index (κ1) is 36.7. The van der Waals surface area contributed by atoms with Crippen LogP contribution in [-0.2, 0) is 16.1 Å². The van der Waals surface area contributed by atoms with Gasteiger partial charge in [-0.2, -0.15) is 4.98 Å². The second-order valence-corrected chi connectivity index (χ2v) is 17.5. The highest BCUT2D eigenvalue weighted by molar-refractivity contribution is 6.06. The second kappa shape index (κ2) is 14.4. The van der Waals surface area contributed by atoms with Crippen LogP contribution in [0.1, 0.15) is 90.2 Å². The molecule has 1 spiro atoms. The minimum atomic E-state index is -0.604. The molecular formula is C43H51N11O4. The number of rotatable bonds is 9. The Morgan fingerprint density at radius 3 is 2.48 bits per heavy atom. The molecule has 58 heavy (non-hydrogen) atoms. The molecule has 1 aromatic carbocycles. The Labute approximate surface area is 337 Å². The maximum atomic E-state index is 13.4. The molecule has 6 aliphatic rings. The van der Waals surface area contributed by atoms with Crippen LogP contribution in [0, 0.1) is 5.92 Å². The zero-order valence-corrected chi connectivity index (χ0v) is 33.3. The van der Waals surface area contributed by atoms with Crippen LogP contribution in [0.25, 0.3) is 11.0 Å². The van der Waals surface area contributed by atoms with E-state index in [0.29, 0.717) is 41.9 Å². The quantitative estimate of drug-likeness (QED) is 0.234. The van der Waals surface area contributed by atoms with Crippen LogP contribution in [0.2, 0.25) is 0 Å². The molecule has 4 saturated heterocycles. The van der Waals surface area contributed by atoms with Gasteiger partial charge < -0.3 is 29.5 Å². The fourth-order valence-corrected chi connectivity index (χ4v) is 10.5. The third kappa shape index (κ3) is 6.34. The Balaban J connectivity index is 0.729. The number of likely N-dealkylation sites (tertiary alicyclic amines) is 1. The molecule has 4 aromatic rings. The van der Waals surface area contributed by atoms with Gasteiger partial charge in [-0.05, 0) is 74.8 Å². The molecule has 4 amide bonds. The van der Waals surface area contributed by atoms with Gasteiger partial charge in [-0.15, -0.1) is 0 Å². The summed E-state index contributed by atoms with van der Waals surface area (Å²) < 4.78 is 2.13. The number of hydrogen-bond acceptors (Lipinski definition) is 11. The van der Waals surface area contributed by atoms with E-state index in [1.54, 1.807) is 30.1 Å². The summed E-state index contributed by atoms with van der Waals surface area (Å²) in [6.07, 6.45) is 12.1. The van der Waals surface area contributed by atoms with Gasteiger partial charge in [-0.1, -0.05) is 18.9 Å². The van der Waals surface area contributed by atoms with E-state index in [2.05, 4.69) is 47.0 Å². The summed E-state index contributed by atoms with van der Waals surface area (Å²) in [5, 5.41) is 6.57. The Hall–Kier alpha value is -5.57. The molecule has 0 bridgehead atoms. The predicted octanol–water partition coefficient (Wildman–Crippen LogP) is 4.33. The second-order valence-electron chi connectivity index (χ2n) is 17.5. The van der Waals surface area contributed by atoms with Crippen LogP contribution in [0.5, 0.6) is 0 Å². The van der Waals surface area contributed by atoms with Gasteiger partial charge in [-0.3, -0.25) is 29.4 Å². The first-order valence-corrected chi connectivity index (χ1v) is 21.0. The van der Waals surface area contributed by atoms with Gasteiger partial charge >= 0.3 is 0 Å². The number of nitrogens with zero attached hydrogens (tertiary/aromatic N) is 9. The maximum absolute atomic E-state index is 13.4. The predicted molar refractivity (Wildman–Crippen MR) is 219 cm³/mol. The van der Waals surface area contributed by atoms with Gasteiger partial charge in [0.05, 0.1) is 17.4 Å². The van der Waals surface area contributed by atoms with Gasteiger partial charge in [0.25, 0.3) is 11.8 Å². The Morgan fingerprint density at radius 1 is 0.966 bits per heavy atom. The van der Waals surface area contributed by atoms with Crippen LogP contribution in [-0.4, -0.2) is 123 Å². The molecule has 5 fully saturated rings. The lowest BCUT2D eigenvalue weighted by molar-refractivity contribution is -0.136. The number of anilines is 4. The number of nitrogens with one attached hydrogen (secondary N) is 2. The number of imide groups is 1. The van der Waals surface area contributed by atoms with Crippen molar-refractivity contribution in [3.63, 3.8) is 0 Å². The van der Waals surface area contributed by atoms with Gasteiger partial charge in [0, 0.05) is 101 Å². The highest BCUT2D eigenvalue weighted by Gasteiger charge is 2.54. The first-order chi connectivity index (χ1) is 28.1. The molecular weight excluding hydrogens is 735 g/mol. The van der Waals surface area contributed by atoms with Crippen molar-refractivity contribution in [2.75, 3.05) is 68.5 Å². The first-order valence-electron chi connectivity index (χ1n) is 21.0. The monoisotopic (exact) mass is 785 g/mol. The molecule has 1 atom stereocenters. The summed E-state index contributed by atoms with van der Waals surface area (Å²) in [4.78, 5) is 75.9. The summed E-state index contributed by atoms with van der Waals surface area (Å²) in [5.74, 6) is 1.000. The number of fused-ring (bicyclic) bond motifs is 2. The van der Waals surface area contributed by atoms with E-state index < -0.39 is 6.04 Å². The standard InChI is InChI=1S/C43H51N11O4/c1-49(2)41(58)35-20-28-21-45-42(48-38(28)54(35)29-6-3-4-7-29)46-36-12-10-30(22-44-36)51-17-14-27(15-18-51)23-50-25-43(26-50)16-19-53(43)33-9-5-8-31-32(33)24-52(40(31)57)34-11-13-37(55)47-39(34)56/h5,8-10,12,20-22,27,29,34H,3-4,6-7,11,13-19,23-26H2,1-2H3,(H,47,55,56)(H,44,45,46,48)/t34-/m1/s1. The van der Waals surface area contributed by atoms with E-state index >= 15 is 0 Å². The number of aromatic nitrogens is 4. The van der Waals surface area contributed by atoms with Gasteiger partial charge in [0.1, 0.15) is 23.2 Å². The molecule has 15 nitrogen and oxygen atoms in total. The SMILES string of the molecule is CN(C)C(=O)c1cc2cnc(Nc3ccc(N4CCC(CN5CC6(CCN6c6cccc7c6CN([C@@H]6CCC(=O)NC6=O)C7=O)C5)CC4)cn3)nc2n1C1CCCC1. The fraction of sp³-hybridized carbons (Fsp3) is 0.512. The van der Waals surface area contributed by atoms with Gasteiger partial charge in [0.15, 0.2) is 0 Å². The third-order valence-corrected chi connectivity index (χ3v) is 13.6. The van der Waals surface area contributed by atoms with Crippen LogP contribution < -0.4 is 20.4 Å². The van der Waals surface area contributed by atoms with Crippen LogP contribution >= 0.6 is 0 Å². The highest BCUT2D eigenvalue weighted by atomic mass is 16.2. The lowest BCUT2D eigenvalue weighted by Gasteiger charge is -2.64. The number of pyridine rings is 1. The van der Waals surface area contributed by atoms with Gasteiger partial charge in [-0.25, -0.2) is 9.97 Å². The Morgan fingerprint density at radius 2 is 1.78 bits per heavy atom.